The maximum atomic E-state index is 10.6. The van der Waals surface area contributed by atoms with Gasteiger partial charge >= 0.3 is 0 Å². The minimum atomic E-state index is 0.0590. The first kappa shape index (κ1) is 5.15. The molecular formula is C5H8N2O. The van der Waals surface area contributed by atoms with E-state index in [1.54, 1.807) is 18.1 Å². The van der Waals surface area contributed by atoms with Crippen LogP contribution in [0.5, 0.6) is 0 Å². The van der Waals surface area contributed by atoms with Crippen molar-refractivity contribution in [1.29, 1.82) is 0 Å². The van der Waals surface area contributed by atoms with Gasteiger partial charge in [0.2, 0.25) is 5.91 Å². The summed E-state index contributed by atoms with van der Waals surface area (Å²) in [5, 5.41) is 2.89. The van der Waals surface area contributed by atoms with Crippen molar-refractivity contribution in [3.05, 3.63) is 12.3 Å². The van der Waals surface area contributed by atoms with Crippen LogP contribution in [-0.2, 0) is 4.79 Å². The van der Waals surface area contributed by atoms with Crippen LogP contribution in [-0.4, -0.2) is 24.5 Å². The Balaban J connectivity index is 2.60. The van der Waals surface area contributed by atoms with E-state index < -0.39 is 0 Å². The second-order valence-electron chi connectivity index (χ2n) is 1.73. The molecule has 0 bridgehead atoms. The molecule has 3 nitrogen and oxygen atoms in total. The molecule has 0 aromatic carbocycles. The first-order chi connectivity index (χ1) is 3.80. The molecule has 0 fully saturated rings. The van der Waals surface area contributed by atoms with Crippen LogP contribution in [0.4, 0.5) is 0 Å². The lowest BCUT2D eigenvalue weighted by Crippen LogP contribution is -2.36. The van der Waals surface area contributed by atoms with Gasteiger partial charge in [-0.1, -0.05) is 0 Å². The van der Waals surface area contributed by atoms with Gasteiger partial charge in [-0.2, -0.15) is 0 Å². The molecule has 0 atom stereocenters. The quantitative estimate of drug-likeness (QED) is 0.459. The van der Waals surface area contributed by atoms with E-state index in [2.05, 4.69) is 5.32 Å². The van der Waals surface area contributed by atoms with E-state index in [9.17, 15) is 4.79 Å². The van der Waals surface area contributed by atoms with E-state index in [-0.39, 0.29) is 5.91 Å². The molecule has 0 radical (unpaired) electrons. The van der Waals surface area contributed by atoms with Gasteiger partial charge in [0.15, 0.2) is 0 Å². The molecule has 0 saturated carbocycles. The fourth-order valence-electron chi connectivity index (χ4n) is 0.525. The Kier molecular flexibility index (Phi) is 1.20. The van der Waals surface area contributed by atoms with Gasteiger partial charge in [-0.15, -0.1) is 0 Å². The number of amides is 1. The number of carbonyl (C=O) groups is 1. The van der Waals surface area contributed by atoms with Crippen LogP contribution in [0.2, 0.25) is 0 Å². The van der Waals surface area contributed by atoms with Crippen LogP contribution < -0.4 is 5.32 Å². The van der Waals surface area contributed by atoms with E-state index in [0.717, 1.165) is 0 Å². The van der Waals surface area contributed by atoms with Crippen LogP contribution in [0, 0.1) is 0 Å². The van der Waals surface area contributed by atoms with Gasteiger partial charge in [-0.25, -0.2) is 0 Å². The monoisotopic (exact) mass is 112 g/mol. The highest BCUT2D eigenvalue weighted by atomic mass is 16.2. The van der Waals surface area contributed by atoms with Crippen molar-refractivity contribution in [3.63, 3.8) is 0 Å². The highest BCUT2D eigenvalue weighted by Gasteiger charge is 2.05. The Hall–Kier alpha value is -0.990. The zero-order valence-corrected chi connectivity index (χ0v) is 4.72. The zero-order chi connectivity index (χ0) is 5.98. The summed E-state index contributed by atoms with van der Waals surface area (Å²) in [5.74, 6) is 0.0590. The van der Waals surface area contributed by atoms with Crippen molar-refractivity contribution in [2.24, 2.45) is 0 Å². The van der Waals surface area contributed by atoms with Gasteiger partial charge in [0.05, 0.1) is 6.67 Å². The summed E-state index contributed by atoms with van der Waals surface area (Å²) in [5.41, 5.74) is 0. The lowest BCUT2D eigenvalue weighted by molar-refractivity contribution is -0.125. The molecule has 1 N–H and O–H groups in total. The summed E-state index contributed by atoms with van der Waals surface area (Å²) in [7, 11) is 1.75. The third kappa shape index (κ3) is 0.804. The number of carbonyl (C=O) groups excluding carboxylic acids is 1. The number of rotatable bonds is 0. The normalized spacial score (nSPS) is 18.6. The summed E-state index contributed by atoms with van der Waals surface area (Å²) < 4.78 is 0. The molecule has 1 aliphatic rings. The number of likely N-dealkylation sites (N-methyl/N-ethyl adjacent to an activating group) is 1. The van der Waals surface area contributed by atoms with E-state index in [1.807, 2.05) is 0 Å². The Labute approximate surface area is 48.0 Å². The van der Waals surface area contributed by atoms with Crippen LogP contribution in [0.3, 0.4) is 0 Å². The minimum absolute atomic E-state index is 0.0590. The van der Waals surface area contributed by atoms with Crippen LogP contribution in [0.25, 0.3) is 0 Å². The van der Waals surface area contributed by atoms with Crippen molar-refractivity contribution in [1.82, 2.24) is 10.2 Å². The minimum Gasteiger partial charge on any atom is -0.373 e. The fourth-order valence-corrected chi connectivity index (χ4v) is 0.525. The molecule has 0 aromatic rings. The number of hydrogen-bond acceptors (Lipinski definition) is 2. The van der Waals surface area contributed by atoms with Crippen molar-refractivity contribution in [2.45, 2.75) is 0 Å². The highest BCUT2D eigenvalue weighted by Crippen LogP contribution is 1.88. The predicted octanol–water partition coefficient (Wildman–Crippen LogP) is -0.481. The van der Waals surface area contributed by atoms with Gasteiger partial charge < -0.3 is 10.2 Å². The van der Waals surface area contributed by atoms with E-state index >= 15 is 0 Å². The van der Waals surface area contributed by atoms with Gasteiger partial charge in [0.1, 0.15) is 0 Å². The standard InChI is InChI=1S/C5H8N2O/c1-7-4-6-3-2-5(7)8/h2-3,6H,4H2,1H3. The lowest BCUT2D eigenvalue weighted by Gasteiger charge is -2.18. The van der Waals surface area contributed by atoms with Gasteiger partial charge in [0, 0.05) is 19.3 Å². The second-order valence-corrected chi connectivity index (χ2v) is 1.73. The third-order valence-electron chi connectivity index (χ3n) is 1.05. The summed E-state index contributed by atoms with van der Waals surface area (Å²) >= 11 is 0. The molecule has 0 saturated heterocycles. The maximum Gasteiger partial charge on any atom is 0.249 e. The number of nitrogens with zero attached hydrogens (tertiary/aromatic N) is 1. The molecule has 0 aromatic heterocycles. The van der Waals surface area contributed by atoms with E-state index in [1.165, 1.54) is 6.08 Å². The van der Waals surface area contributed by atoms with Crippen molar-refractivity contribution < 1.29 is 4.79 Å². The molecule has 0 unspecified atom stereocenters. The Bertz CT molecular complexity index is 130. The Morgan fingerprint density at radius 2 is 2.62 bits per heavy atom. The van der Waals surface area contributed by atoms with Crippen LogP contribution in [0.1, 0.15) is 0 Å². The molecule has 8 heavy (non-hydrogen) atoms. The molecular weight excluding hydrogens is 104 g/mol. The smallest absolute Gasteiger partial charge is 0.249 e. The third-order valence-corrected chi connectivity index (χ3v) is 1.05. The molecule has 0 spiro atoms. The summed E-state index contributed by atoms with van der Waals surface area (Å²) in [6, 6.07) is 0. The Morgan fingerprint density at radius 3 is 3.00 bits per heavy atom. The molecule has 1 aliphatic heterocycles. The van der Waals surface area contributed by atoms with Crippen LogP contribution in [0.15, 0.2) is 12.3 Å². The maximum absolute atomic E-state index is 10.6. The molecule has 0 aliphatic carbocycles. The average molecular weight is 112 g/mol. The predicted molar refractivity (Wildman–Crippen MR) is 29.9 cm³/mol. The van der Waals surface area contributed by atoms with Crippen molar-refractivity contribution in [2.75, 3.05) is 13.7 Å². The molecule has 1 rings (SSSR count). The van der Waals surface area contributed by atoms with Crippen LogP contribution >= 0.6 is 0 Å². The highest BCUT2D eigenvalue weighted by molar-refractivity contribution is 5.87. The van der Waals surface area contributed by atoms with E-state index in [4.69, 9.17) is 0 Å². The first-order valence-corrected chi connectivity index (χ1v) is 2.46. The summed E-state index contributed by atoms with van der Waals surface area (Å²) in [4.78, 5) is 12.2. The number of nitrogens with one attached hydrogen (secondary N) is 1. The zero-order valence-electron chi connectivity index (χ0n) is 4.72. The summed E-state index contributed by atoms with van der Waals surface area (Å²) in [6.45, 7) is 0.620. The first-order valence-electron chi connectivity index (χ1n) is 2.46. The second kappa shape index (κ2) is 1.86. The lowest BCUT2D eigenvalue weighted by atomic mass is 10.5. The molecule has 1 heterocycles. The molecule has 3 heteroatoms. The SMILES string of the molecule is CN1CNC=CC1=O. The average Bonchev–Trinajstić information content (AvgIpc) is 1.77. The van der Waals surface area contributed by atoms with Gasteiger partial charge in [0.25, 0.3) is 0 Å². The molecule has 44 valence electrons. The van der Waals surface area contributed by atoms with Gasteiger partial charge in [-0.3, -0.25) is 4.79 Å². The van der Waals surface area contributed by atoms with Gasteiger partial charge in [-0.05, 0) is 0 Å². The van der Waals surface area contributed by atoms with Crippen molar-refractivity contribution in [3.8, 4) is 0 Å². The number of hydrogen-bond donors (Lipinski definition) is 1. The fraction of sp³-hybridized carbons (Fsp3) is 0.400. The van der Waals surface area contributed by atoms with Crippen molar-refractivity contribution >= 4 is 5.91 Å². The summed E-state index contributed by atoms with van der Waals surface area (Å²) in [6.07, 6.45) is 3.16. The topological polar surface area (TPSA) is 32.3 Å². The van der Waals surface area contributed by atoms with E-state index in [0.29, 0.717) is 6.67 Å². The molecule has 1 amide bonds. The largest absolute Gasteiger partial charge is 0.373 e. The Morgan fingerprint density at radius 1 is 1.88 bits per heavy atom.